The van der Waals surface area contributed by atoms with Gasteiger partial charge in [-0.05, 0) is 18.6 Å². The zero-order valence-electron chi connectivity index (χ0n) is 11.3. The van der Waals surface area contributed by atoms with Crippen LogP contribution < -0.4 is 15.8 Å². The largest absolute Gasteiger partial charge is 0.492 e. The van der Waals surface area contributed by atoms with Crippen molar-refractivity contribution in [3.05, 3.63) is 29.3 Å². The third-order valence-corrected chi connectivity index (χ3v) is 2.80. The number of para-hydroxylation sites is 1. The molecule has 0 heterocycles. The summed E-state index contributed by atoms with van der Waals surface area (Å²) in [6, 6.07) is 6.96. The standard InChI is InChI=1S/C13H17ClF2N2O2.ClH/c14-10-4-1-2-5-11(10)20-7-3-6-12(19)18-9-13(15,16)8-17;/h1-2,4-5H,3,6-9,17H2,(H,18,19);1H. The van der Waals surface area contributed by atoms with E-state index in [9.17, 15) is 13.6 Å². The molecular weight excluding hydrogens is 325 g/mol. The molecule has 0 aliphatic carbocycles. The Labute approximate surface area is 133 Å². The van der Waals surface area contributed by atoms with E-state index in [0.717, 1.165) is 0 Å². The smallest absolute Gasteiger partial charge is 0.277 e. The Hall–Kier alpha value is -1.11. The fraction of sp³-hybridized carbons (Fsp3) is 0.462. The van der Waals surface area contributed by atoms with Crippen LogP contribution in [-0.2, 0) is 4.79 Å². The zero-order chi connectivity index (χ0) is 15.0. The molecule has 3 N–H and O–H groups in total. The second-order valence-electron chi connectivity index (χ2n) is 4.22. The number of nitrogens with two attached hydrogens (primary N) is 1. The van der Waals surface area contributed by atoms with Crippen LogP contribution in [0.15, 0.2) is 24.3 Å². The summed E-state index contributed by atoms with van der Waals surface area (Å²) in [6.45, 7) is -1.25. The lowest BCUT2D eigenvalue weighted by Crippen LogP contribution is -2.41. The number of rotatable bonds is 8. The van der Waals surface area contributed by atoms with Crippen molar-refractivity contribution in [1.29, 1.82) is 0 Å². The molecule has 21 heavy (non-hydrogen) atoms. The van der Waals surface area contributed by atoms with Gasteiger partial charge in [-0.1, -0.05) is 23.7 Å². The zero-order valence-corrected chi connectivity index (χ0v) is 12.9. The average Bonchev–Trinajstić information content (AvgIpc) is 2.43. The number of nitrogens with one attached hydrogen (secondary N) is 1. The molecule has 0 atom stereocenters. The molecule has 1 aromatic rings. The highest BCUT2D eigenvalue weighted by molar-refractivity contribution is 6.32. The molecule has 0 fully saturated rings. The highest BCUT2D eigenvalue weighted by Crippen LogP contribution is 2.23. The average molecular weight is 343 g/mol. The van der Waals surface area contributed by atoms with E-state index in [2.05, 4.69) is 5.32 Å². The molecule has 0 aromatic heterocycles. The highest BCUT2D eigenvalue weighted by Gasteiger charge is 2.26. The molecule has 0 saturated carbocycles. The van der Waals surface area contributed by atoms with Crippen LogP contribution in [0.25, 0.3) is 0 Å². The third-order valence-electron chi connectivity index (χ3n) is 2.49. The Morgan fingerprint density at radius 1 is 1.38 bits per heavy atom. The summed E-state index contributed by atoms with van der Waals surface area (Å²) in [7, 11) is 0. The van der Waals surface area contributed by atoms with Crippen LogP contribution in [-0.4, -0.2) is 31.5 Å². The topological polar surface area (TPSA) is 64.3 Å². The Kier molecular flexibility index (Phi) is 9.24. The van der Waals surface area contributed by atoms with E-state index in [4.69, 9.17) is 22.1 Å². The maximum atomic E-state index is 12.8. The van der Waals surface area contributed by atoms with E-state index in [1.165, 1.54) is 0 Å². The Morgan fingerprint density at radius 3 is 2.67 bits per heavy atom. The summed E-state index contributed by atoms with van der Waals surface area (Å²) in [4.78, 5) is 11.3. The molecular formula is C13H18Cl2F2N2O2. The number of halogens is 4. The van der Waals surface area contributed by atoms with Gasteiger partial charge >= 0.3 is 0 Å². The van der Waals surface area contributed by atoms with Crippen LogP contribution in [0.5, 0.6) is 5.75 Å². The first kappa shape index (κ1) is 19.9. The van der Waals surface area contributed by atoms with E-state index in [1.54, 1.807) is 24.3 Å². The maximum absolute atomic E-state index is 12.8. The van der Waals surface area contributed by atoms with Gasteiger partial charge in [0.2, 0.25) is 5.91 Å². The maximum Gasteiger partial charge on any atom is 0.277 e. The third kappa shape index (κ3) is 8.04. The van der Waals surface area contributed by atoms with Gasteiger partial charge in [0.05, 0.1) is 24.7 Å². The van der Waals surface area contributed by atoms with E-state index < -0.39 is 24.9 Å². The molecule has 4 nitrogen and oxygen atoms in total. The van der Waals surface area contributed by atoms with Crippen LogP contribution in [0, 0.1) is 0 Å². The molecule has 0 spiro atoms. The molecule has 0 saturated heterocycles. The van der Waals surface area contributed by atoms with Crippen LogP contribution >= 0.6 is 24.0 Å². The van der Waals surface area contributed by atoms with Gasteiger partial charge in [0.25, 0.3) is 5.92 Å². The second-order valence-corrected chi connectivity index (χ2v) is 4.63. The van der Waals surface area contributed by atoms with Crippen molar-refractivity contribution in [2.75, 3.05) is 19.7 Å². The van der Waals surface area contributed by atoms with Crippen molar-refractivity contribution in [1.82, 2.24) is 5.32 Å². The van der Waals surface area contributed by atoms with Gasteiger partial charge in [-0.25, -0.2) is 8.78 Å². The lowest BCUT2D eigenvalue weighted by molar-refractivity contribution is -0.123. The van der Waals surface area contributed by atoms with E-state index in [-0.39, 0.29) is 25.4 Å². The summed E-state index contributed by atoms with van der Waals surface area (Å²) in [5.41, 5.74) is 4.86. The fourth-order valence-corrected chi connectivity index (χ4v) is 1.56. The molecule has 1 aromatic carbocycles. The summed E-state index contributed by atoms with van der Waals surface area (Å²) in [5.74, 6) is -2.99. The Balaban J connectivity index is 0.00000400. The van der Waals surface area contributed by atoms with E-state index in [0.29, 0.717) is 17.2 Å². The Bertz CT molecular complexity index is 448. The second kappa shape index (κ2) is 9.76. The number of amides is 1. The number of benzene rings is 1. The normalized spacial score (nSPS) is 10.7. The number of carbonyl (C=O) groups excluding carboxylic acids is 1. The molecule has 120 valence electrons. The first-order valence-corrected chi connectivity index (χ1v) is 6.54. The van der Waals surface area contributed by atoms with Crippen LogP contribution in [0.3, 0.4) is 0 Å². The molecule has 0 unspecified atom stereocenters. The minimum Gasteiger partial charge on any atom is -0.492 e. The molecule has 1 amide bonds. The lowest BCUT2D eigenvalue weighted by Gasteiger charge is -2.14. The molecule has 1 rings (SSSR count). The highest BCUT2D eigenvalue weighted by atomic mass is 35.5. The van der Waals surface area contributed by atoms with Gasteiger partial charge in [-0.15, -0.1) is 12.4 Å². The van der Waals surface area contributed by atoms with Crippen molar-refractivity contribution in [3.63, 3.8) is 0 Å². The van der Waals surface area contributed by atoms with Crippen LogP contribution in [0.2, 0.25) is 5.02 Å². The number of alkyl halides is 2. The number of hydrogen-bond acceptors (Lipinski definition) is 3. The Morgan fingerprint density at radius 2 is 2.05 bits per heavy atom. The van der Waals surface area contributed by atoms with E-state index >= 15 is 0 Å². The summed E-state index contributed by atoms with van der Waals surface area (Å²) < 4.78 is 31.0. The summed E-state index contributed by atoms with van der Waals surface area (Å²) in [6.07, 6.45) is 0.510. The number of hydrogen-bond donors (Lipinski definition) is 2. The van der Waals surface area contributed by atoms with Crippen molar-refractivity contribution < 1.29 is 18.3 Å². The van der Waals surface area contributed by atoms with E-state index in [1.807, 2.05) is 0 Å². The quantitative estimate of drug-likeness (QED) is 0.714. The SMILES string of the molecule is Cl.NCC(F)(F)CNC(=O)CCCOc1ccccc1Cl. The van der Waals surface area contributed by atoms with Crippen LogP contribution in [0.1, 0.15) is 12.8 Å². The van der Waals surface area contributed by atoms with Crippen molar-refractivity contribution >= 4 is 29.9 Å². The molecule has 0 aliphatic heterocycles. The summed E-state index contributed by atoms with van der Waals surface area (Å²) in [5, 5.41) is 2.62. The van der Waals surface area contributed by atoms with Crippen molar-refractivity contribution in [2.45, 2.75) is 18.8 Å². The van der Waals surface area contributed by atoms with Gasteiger partial charge in [0, 0.05) is 6.42 Å². The molecule has 0 aliphatic rings. The first-order chi connectivity index (χ1) is 9.44. The molecule has 8 heteroatoms. The molecule has 0 radical (unpaired) electrons. The fourth-order valence-electron chi connectivity index (χ4n) is 1.37. The monoisotopic (exact) mass is 342 g/mol. The molecule has 0 bridgehead atoms. The first-order valence-electron chi connectivity index (χ1n) is 6.16. The van der Waals surface area contributed by atoms with Gasteiger partial charge in [0.15, 0.2) is 0 Å². The minimum absolute atomic E-state index is 0. The van der Waals surface area contributed by atoms with Crippen LogP contribution in [0.4, 0.5) is 8.78 Å². The van der Waals surface area contributed by atoms with Gasteiger partial charge < -0.3 is 15.8 Å². The number of carbonyl (C=O) groups is 1. The van der Waals surface area contributed by atoms with Crippen molar-refractivity contribution in [3.8, 4) is 5.75 Å². The van der Waals surface area contributed by atoms with Gasteiger partial charge in [-0.2, -0.15) is 0 Å². The van der Waals surface area contributed by atoms with Crippen molar-refractivity contribution in [2.24, 2.45) is 5.73 Å². The van der Waals surface area contributed by atoms with Gasteiger partial charge in [-0.3, -0.25) is 4.79 Å². The van der Waals surface area contributed by atoms with Gasteiger partial charge in [0.1, 0.15) is 5.75 Å². The minimum atomic E-state index is -3.07. The lowest BCUT2D eigenvalue weighted by atomic mass is 10.3. The predicted octanol–water partition coefficient (Wildman–Crippen LogP) is 2.63. The number of ether oxygens (including phenoxy) is 1. The summed E-state index contributed by atoms with van der Waals surface area (Å²) >= 11 is 5.88. The predicted molar refractivity (Wildman–Crippen MR) is 80.4 cm³/mol.